The van der Waals surface area contributed by atoms with E-state index in [-0.39, 0.29) is 24.1 Å². The van der Waals surface area contributed by atoms with Crippen LogP contribution < -0.4 is 5.32 Å². The second-order valence-electron chi connectivity index (χ2n) is 5.09. The lowest BCUT2D eigenvalue weighted by Crippen LogP contribution is -2.52. The average molecular weight is 318 g/mol. The minimum Gasteiger partial charge on any atom is -0.352 e. The molecule has 3 rings (SSSR count). The van der Waals surface area contributed by atoms with E-state index in [4.69, 9.17) is 0 Å². The van der Waals surface area contributed by atoms with Crippen molar-refractivity contribution in [1.29, 1.82) is 0 Å². The molecule has 22 heavy (non-hydrogen) atoms. The third-order valence-electron chi connectivity index (χ3n) is 3.62. The van der Waals surface area contributed by atoms with Crippen LogP contribution in [-0.2, 0) is 16.0 Å². The first-order valence-corrected chi connectivity index (χ1v) is 7.88. The zero-order valence-corrected chi connectivity index (χ0v) is 12.6. The predicted octanol–water partition coefficient (Wildman–Crippen LogP) is 2.13. The molecule has 4 nitrogen and oxygen atoms in total. The second-order valence-corrected chi connectivity index (χ2v) is 6.12. The summed E-state index contributed by atoms with van der Waals surface area (Å²) < 4.78 is 13.1. The van der Waals surface area contributed by atoms with Crippen molar-refractivity contribution >= 4 is 23.2 Å². The Hall–Kier alpha value is -2.21. The quantitative estimate of drug-likeness (QED) is 0.942. The number of carbonyl (C=O) groups is 2. The van der Waals surface area contributed by atoms with Crippen LogP contribution in [0.5, 0.6) is 0 Å². The molecule has 1 unspecified atom stereocenters. The van der Waals surface area contributed by atoms with Gasteiger partial charge in [0.15, 0.2) is 0 Å². The van der Waals surface area contributed by atoms with Gasteiger partial charge in [-0.1, -0.05) is 18.2 Å². The minimum absolute atomic E-state index is 0.0911. The zero-order valence-electron chi connectivity index (χ0n) is 11.8. The summed E-state index contributed by atoms with van der Waals surface area (Å²) in [6.45, 7) is 0.894. The first kappa shape index (κ1) is 14.7. The van der Waals surface area contributed by atoms with Gasteiger partial charge in [-0.05, 0) is 29.1 Å². The van der Waals surface area contributed by atoms with Crippen molar-refractivity contribution in [3.8, 4) is 0 Å². The molecule has 1 saturated heterocycles. The number of carbonyl (C=O) groups excluding carboxylic acids is 2. The molecule has 1 aromatic carbocycles. The summed E-state index contributed by atoms with van der Waals surface area (Å²) in [4.78, 5) is 27.3. The molecular weight excluding hydrogens is 303 g/mol. The zero-order chi connectivity index (χ0) is 15.5. The molecule has 2 heterocycles. The van der Waals surface area contributed by atoms with Gasteiger partial charge in [0.25, 0.3) is 0 Å². The van der Waals surface area contributed by atoms with Crippen molar-refractivity contribution < 1.29 is 14.0 Å². The lowest BCUT2D eigenvalue weighted by atomic mass is 10.0. The molecule has 0 spiro atoms. The summed E-state index contributed by atoms with van der Waals surface area (Å²) >= 11 is 1.52. The maximum absolute atomic E-state index is 13.1. The van der Waals surface area contributed by atoms with Gasteiger partial charge in [0, 0.05) is 18.0 Å². The summed E-state index contributed by atoms with van der Waals surface area (Å²) in [5.41, 5.74) is 0.623. The fourth-order valence-corrected chi connectivity index (χ4v) is 3.27. The Balaban J connectivity index is 1.84. The average Bonchev–Trinajstić information content (AvgIpc) is 3.01. The van der Waals surface area contributed by atoms with E-state index >= 15 is 0 Å². The molecule has 0 radical (unpaired) electrons. The van der Waals surface area contributed by atoms with E-state index in [1.807, 2.05) is 17.5 Å². The third-order valence-corrected chi connectivity index (χ3v) is 4.50. The number of piperazine rings is 1. The molecule has 114 valence electrons. The van der Waals surface area contributed by atoms with E-state index in [2.05, 4.69) is 5.32 Å². The monoisotopic (exact) mass is 318 g/mol. The van der Waals surface area contributed by atoms with Gasteiger partial charge in [-0.15, -0.1) is 11.3 Å². The number of nitrogens with one attached hydrogen (secondary N) is 1. The summed E-state index contributed by atoms with van der Waals surface area (Å²) in [7, 11) is 0. The number of hydrogen-bond acceptors (Lipinski definition) is 3. The van der Waals surface area contributed by atoms with Gasteiger partial charge >= 0.3 is 0 Å². The second kappa shape index (κ2) is 6.27. The van der Waals surface area contributed by atoms with Crippen molar-refractivity contribution in [2.75, 3.05) is 13.1 Å². The predicted molar refractivity (Wildman–Crippen MR) is 81.9 cm³/mol. The summed E-state index contributed by atoms with van der Waals surface area (Å²) in [6, 6.07) is 8.82. The van der Waals surface area contributed by atoms with Crippen LogP contribution in [0.3, 0.4) is 0 Å². The van der Waals surface area contributed by atoms with Crippen molar-refractivity contribution in [2.24, 2.45) is 0 Å². The van der Waals surface area contributed by atoms with Crippen LogP contribution in [0, 0.1) is 5.82 Å². The number of hydrogen-bond donors (Lipinski definition) is 1. The number of nitrogens with zero attached hydrogens (tertiary/aromatic N) is 1. The van der Waals surface area contributed by atoms with E-state index in [1.54, 1.807) is 17.0 Å². The Labute approximate surface area is 131 Å². The van der Waals surface area contributed by atoms with E-state index in [9.17, 15) is 14.0 Å². The molecule has 1 fully saturated rings. The Morgan fingerprint density at radius 3 is 2.77 bits per heavy atom. The van der Waals surface area contributed by atoms with Crippen LogP contribution in [0.1, 0.15) is 16.5 Å². The van der Waals surface area contributed by atoms with Crippen molar-refractivity contribution in [1.82, 2.24) is 10.2 Å². The van der Waals surface area contributed by atoms with Crippen LogP contribution in [-0.4, -0.2) is 29.8 Å². The van der Waals surface area contributed by atoms with Gasteiger partial charge < -0.3 is 10.2 Å². The molecule has 1 aromatic heterocycles. The Morgan fingerprint density at radius 2 is 2.09 bits per heavy atom. The van der Waals surface area contributed by atoms with Gasteiger partial charge in [0.1, 0.15) is 11.9 Å². The highest BCUT2D eigenvalue weighted by atomic mass is 32.1. The topological polar surface area (TPSA) is 49.4 Å². The van der Waals surface area contributed by atoms with Crippen molar-refractivity contribution in [3.63, 3.8) is 0 Å². The van der Waals surface area contributed by atoms with E-state index in [0.717, 1.165) is 4.88 Å². The standard InChI is InChI=1S/C16H15FN2O2S/c17-12-5-3-11(4-6-12)15-16(21)18-7-8-19(15)14(20)10-13-2-1-9-22-13/h1-6,9,15H,7-8,10H2,(H,18,21). The highest BCUT2D eigenvalue weighted by Crippen LogP contribution is 2.25. The fraction of sp³-hybridized carbons (Fsp3) is 0.250. The van der Waals surface area contributed by atoms with Gasteiger partial charge in [-0.2, -0.15) is 0 Å². The number of benzene rings is 1. The van der Waals surface area contributed by atoms with Crippen molar-refractivity contribution in [3.05, 3.63) is 58.0 Å². The van der Waals surface area contributed by atoms with Crippen LogP contribution in [0.4, 0.5) is 4.39 Å². The number of thiophene rings is 1. The minimum atomic E-state index is -0.693. The molecule has 1 aliphatic heterocycles. The first-order chi connectivity index (χ1) is 10.6. The Bertz CT molecular complexity index is 670. The molecule has 0 bridgehead atoms. The smallest absolute Gasteiger partial charge is 0.247 e. The maximum atomic E-state index is 13.1. The number of rotatable bonds is 3. The molecular formula is C16H15FN2O2S. The normalized spacial score (nSPS) is 18.1. The lowest BCUT2D eigenvalue weighted by Gasteiger charge is -2.35. The SMILES string of the molecule is O=C1NCCN(C(=O)Cc2cccs2)C1c1ccc(F)cc1. The van der Waals surface area contributed by atoms with Gasteiger partial charge in [0.2, 0.25) is 11.8 Å². The van der Waals surface area contributed by atoms with E-state index in [1.165, 1.54) is 23.5 Å². The summed E-state index contributed by atoms with van der Waals surface area (Å²) in [5.74, 6) is -0.680. The molecule has 1 aliphatic rings. The summed E-state index contributed by atoms with van der Waals surface area (Å²) in [6.07, 6.45) is 0.280. The van der Waals surface area contributed by atoms with Crippen LogP contribution in [0.25, 0.3) is 0 Å². The maximum Gasteiger partial charge on any atom is 0.247 e. The fourth-order valence-electron chi connectivity index (χ4n) is 2.58. The lowest BCUT2D eigenvalue weighted by molar-refractivity contribution is -0.143. The first-order valence-electron chi connectivity index (χ1n) is 7.00. The van der Waals surface area contributed by atoms with Crippen LogP contribution in [0.2, 0.25) is 0 Å². The number of halogens is 1. The molecule has 0 saturated carbocycles. The van der Waals surface area contributed by atoms with E-state index < -0.39 is 6.04 Å². The third kappa shape index (κ3) is 3.01. The van der Waals surface area contributed by atoms with Gasteiger partial charge in [-0.25, -0.2) is 4.39 Å². The van der Waals surface area contributed by atoms with Crippen molar-refractivity contribution in [2.45, 2.75) is 12.5 Å². The van der Waals surface area contributed by atoms with E-state index in [0.29, 0.717) is 18.7 Å². The number of amides is 2. The Morgan fingerprint density at radius 1 is 1.32 bits per heavy atom. The Kier molecular flexibility index (Phi) is 4.20. The molecule has 6 heteroatoms. The largest absolute Gasteiger partial charge is 0.352 e. The molecule has 2 aromatic rings. The molecule has 1 atom stereocenters. The van der Waals surface area contributed by atoms with Gasteiger partial charge in [-0.3, -0.25) is 9.59 Å². The molecule has 2 amide bonds. The summed E-state index contributed by atoms with van der Waals surface area (Å²) in [5, 5.41) is 4.68. The molecule has 0 aliphatic carbocycles. The van der Waals surface area contributed by atoms with Crippen LogP contribution in [0.15, 0.2) is 41.8 Å². The van der Waals surface area contributed by atoms with Gasteiger partial charge in [0.05, 0.1) is 6.42 Å². The van der Waals surface area contributed by atoms with Crippen LogP contribution >= 0.6 is 11.3 Å². The highest BCUT2D eigenvalue weighted by molar-refractivity contribution is 7.10. The highest BCUT2D eigenvalue weighted by Gasteiger charge is 2.34. The molecule has 1 N–H and O–H groups in total.